The lowest BCUT2D eigenvalue weighted by Gasteiger charge is -2.22. The molecule has 2 aromatic rings. The van der Waals surface area contributed by atoms with E-state index in [0.717, 1.165) is 21.1 Å². The molecule has 0 aromatic carbocycles. The van der Waals surface area contributed by atoms with Crippen LogP contribution in [0, 0.1) is 0 Å². The Labute approximate surface area is 138 Å². The van der Waals surface area contributed by atoms with Gasteiger partial charge in [-0.3, -0.25) is 9.97 Å². The summed E-state index contributed by atoms with van der Waals surface area (Å²) in [4.78, 5) is 20.3. The van der Waals surface area contributed by atoms with Crippen LogP contribution >= 0.6 is 0 Å². The van der Waals surface area contributed by atoms with Crippen molar-refractivity contribution in [2.75, 3.05) is 6.54 Å². The van der Waals surface area contributed by atoms with Crippen molar-refractivity contribution in [1.82, 2.24) is 20.0 Å². The lowest BCUT2D eigenvalue weighted by Crippen LogP contribution is -2.40. The quantitative estimate of drug-likeness (QED) is 0.857. The first-order valence-electron chi connectivity index (χ1n) is 7.28. The molecule has 0 spiro atoms. The molecule has 8 nitrogen and oxygen atoms in total. The summed E-state index contributed by atoms with van der Waals surface area (Å²) in [6.07, 6.45) is 9.50. The van der Waals surface area contributed by atoms with Gasteiger partial charge in [-0.25, -0.2) is 9.80 Å². The van der Waals surface area contributed by atoms with Crippen LogP contribution in [0.5, 0.6) is 0 Å². The number of amides is 2. The lowest BCUT2D eigenvalue weighted by molar-refractivity contribution is -0.0382. The molecule has 2 aromatic heterocycles. The molecule has 122 valence electrons. The number of hydrogen-bond acceptors (Lipinski definition) is 6. The highest BCUT2D eigenvalue weighted by atomic mass is 16.3. The molecule has 1 unspecified atom stereocenters. The Morgan fingerprint density at radius 1 is 1.12 bits per heavy atom. The van der Waals surface area contributed by atoms with Crippen molar-refractivity contribution in [1.29, 1.82) is 0 Å². The normalized spacial score (nSPS) is 21.3. The van der Waals surface area contributed by atoms with E-state index in [1.807, 2.05) is 6.07 Å². The van der Waals surface area contributed by atoms with E-state index in [4.69, 9.17) is 0 Å². The summed E-state index contributed by atoms with van der Waals surface area (Å²) in [5.41, 5.74) is 0.0166. The first kappa shape index (κ1) is 15.8. The summed E-state index contributed by atoms with van der Waals surface area (Å²) in [5, 5.41) is 20.8. The smallest absolute Gasteiger partial charge is 0.363 e. The van der Waals surface area contributed by atoms with Crippen LogP contribution in [0.1, 0.15) is 18.1 Å². The predicted molar refractivity (Wildman–Crippen MR) is 88.2 cm³/mol. The van der Waals surface area contributed by atoms with Crippen LogP contribution in [0.4, 0.5) is 4.79 Å². The highest BCUT2D eigenvalue weighted by molar-refractivity contribution is 5.84. The maximum Gasteiger partial charge on any atom is 0.363 e. The molecule has 0 aliphatic carbocycles. The summed E-state index contributed by atoms with van der Waals surface area (Å²) >= 11 is 0. The molecule has 1 aliphatic heterocycles. The Balaban J connectivity index is 1.75. The minimum Gasteiger partial charge on any atom is -0.368 e. The van der Waals surface area contributed by atoms with E-state index in [1.54, 1.807) is 43.0 Å². The third-order valence-corrected chi connectivity index (χ3v) is 3.34. The highest BCUT2D eigenvalue weighted by Gasteiger charge is 2.46. The number of hydrogen-bond donors (Lipinski definition) is 1. The fraction of sp³-hybridized carbons (Fsp3) is 0.188. The summed E-state index contributed by atoms with van der Waals surface area (Å²) in [6, 6.07) is 6.63. The largest absolute Gasteiger partial charge is 0.368 e. The average molecular weight is 324 g/mol. The first-order valence-corrected chi connectivity index (χ1v) is 7.28. The molecule has 3 heterocycles. The molecular formula is C16H16N6O2. The van der Waals surface area contributed by atoms with Crippen LogP contribution < -0.4 is 0 Å². The molecular weight excluding hydrogens is 308 g/mol. The van der Waals surface area contributed by atoms with E-state index in [1.165, 1.54) is 19.4 Å². The Bertz CT molecular complexity index is 761. The SMILES string of the molecule is CC1(O)CN(N=Cc2cccnc2)C(=O)N1N=Cc1cccnc1. The van der Waals surface area contributed by atoms with Crippen molar-refractivity contribution >= 4 is 18.5 Å². The van der Waals surface area contributed by atoms with Gasteiger partial charge >= 0.3 is 6.03 Å². The van der Waals surface area contributed by atoms with Crippen LogP contribution in [0.25, 0.3) is 0 Å². The standard InChI is InChI=1S/C16H16N6O2/c1-16(24)12-21(19-10-13-4-2-6-17-8-13)15(23)22(16)20-11-14-5-3-7-18-9-14/h2-11,24H,12H2,1H3. The Kier molecular flexibility index (Phi) is 4.30. The zero-order valence-electron chi connectivity index (χ0n) is 13.0. The number of pyridine rings is 2. The van der Waals surface area contributed by atoms with Gasteiger partial charge in [0.05, 0.1) is 19.0 Å². The highest BCUT2D eigenvalue weighted by Crippen LogP contribution is 2.24. The summed E-state index contributed by atoms with van der Waals surface area (Å²) in [6.45, 7) is 1.51. The molecule has 1 N–H and O–H groups in total. The molecule has 2 amide bonds. The first-order chi connectivity index (χ1) is 11.6. The van der Waals surface area contributed by atoms with Gasteiger partial charge in [-0.15, -0.1) is 0 Å². The Morgan fingerprint density at radius 2 is 1.71 bits per heavy atom. The van der Waals surface area contributed by atoms with Gasteiger partial charge in [0, 0.05) is 35.9 Å². The van der Waals surface area contributed by atoms with E-state index in [-0.39, 0.29) is 6.54 Å². The van der Waals surface area contributed by atoms with Gasteiger partial charge < -0.3 is 5.11 Å². The number of aromatic nitrogens is 2. The van der Waals surface area contributed by atoms with Crippen LogP contribution in [0.3, 0.4) is 0 Å². The molecule has 8 heteroatoms. The van der Waals surface area contributed by atoms with Crippen LogP contribution in [-0.2, 0) is 0 Å². The van der Waals surface area contributed by atoms with Gasteiger partial charge in [-0.05, 0) is 19.1 Å². The predicted octanol–water partition coefficient (Wildman–Crippen LogP) is 1.29. The number of carbonyl (C=O) groups excluding carboxylic acids is 1. The van der Waals surface area contributed by atoms with Gasteiger partial charge in [0.2, 0.25) is 0 Å². The van der Waals surface area contributed by atoms with Crippen molar-refractivity contribution in [2.24, 2.45) is 10.2 Å². The molecule has 1 saturated heterocycles. The number of hydrazone groups is 2. The van der Waals surface area contributed by atoms with Gasteiger partial charge in [0.15, 0.2) is 5.72 Å². The number of aliphatic hydroxyl groups is 1. The van der Waals surface area contributed by atoms with Gasteiger partial charge in [-0.1, -0.05) is 12.1 Å². The summed E-state index contributed by atoms with van der Waals surface area (Å²) < 4.78 is 0. The van der Waals surface area contributed by atoms with E-state index in [2.05, 4.69) is 20.2 Å². The van der Waals surface area contributed by atoms with Crippen molar-refractivity contribution < 1.29 is 9.90 Å². The second-order valence-corrected chi connectivity index (χ2v) is 5.43. The van der Waals surface area contributed by atoms with Crippen molar-refractivity contribution in [3.63, 3.8) is 0 Å². The monoisotopic (exact) mass is 324 g/mol. The van der Waals surface area contributed by atoms with Gasteiger partial charge in [0.1, 0.15) is 0 Å². The molecule has 1 atom stereocenters. The third-order valence-electron chi connectivity index (χ3n) is 3.34. The maximum atomic E-state index is 12.4. The maximum absolute atomic E-state index is 12.4. The molecule has 1 fully saturated rings. The molecule has 0 saturated carbocycles. The van der Waals surface area contributed by atoms with Crippen molar-refractivity contribution in [3.05, 3.63) is 60.2 Å². The van der Waals surface area contributed by atoms with Gasteiger partial charge in [0.25, 0.3) is 0 Å². The molecule has 0 bridgehead atoms. The minimum atomic E-state index is -1.46. The number of β-amino-alcohol motifs (C(OH)–C–C–N with tert-alkyl or cyclic N) is 1. The van der Waals surface area contributed by atoms with E-state index in [9.17, 15) is 9.90 Å². The van der Waals surface area contributed by atoms with E-state index >= 15 is 0 Å². The summed E-state index contributed by atoms with van der Waals surface area (Å²) in [5.74, 6) is 0. The molecule has 3 rings (SSSR count). The molecule has 24 heavy (non-hydrogen) atoms. The van der Waals surface area contributed by atoms with E-state index < -0.39 is 11.8 Å². The van der Waals surface area contributed by atoms with Gasteiger partial charge in [-0.2, -0.15) is 15.2 Å². The molecule has 0 radical (unpaired) electrons. The van der Waals surface area contributed by atoms with Crippen molar-refractivity contribution in [3.8, 4) is 0 Å². The van der Waals surface area contributed by atoms with E-state index in [0.29, 0.717) is 0 Å². The second kappa shape index (κ2) is 6.55. The lowest BCUT2D eigenvalue weighted by atomic mass is 10.3. The number of urea groups is 1. The van der Waals surface area contributed by atoms with Crippen molar-refractivity contribution in [2.45, 2.75) is 12.6 Å². The minimum absolute atomic E-state index is 0.00692. The topological polar surface area (TPSA) is 94.3 Å². The number of rotatable bonds is 4. The molecule has 1 aliphatic rings. The zero-order valence-corrected chi connectivity index (χ0v) is 13.0. The average Bonchev–Trinajstić information content (AvgIpc) is 2.82. The van der Waals surface area contributed by atoms with Crippen LogP contribution in [0.15, 0.2) is 59.3 Å². The second-order valence-electron chi connectivity index (χ2n) is 5.43. The van der Waals surface area contributed by atoms with Crippen LogP contribution in [0.2, 0.25) is 0 Å². The zero-order chi connectivity index (χ0) is 17.0. The summed E-state index contributed by atoms with van der Waals surface area (Å²) in [7, 11) is 0. The Morgan fingerprint density at radius 3 is 2.25 bits per heavy atom. The fourth-order valence-electron chi connectivity index (χ4n) is 2.16. The number of nitrogens with zero attached hydrogens (tertiary/aromatic N) is 6. The van der Waals surface area contributed by atoms with Crippen LogP contribution in [-0.4, -0.2) is 55.8 Å². The fourth-order valence-corrected chi connectivity index (χ4v) is 2.16. The Hall–Kier alpha value is -3.13. The number of carbonyl (C=O) groups is 1. The third kappa shape index (κ3) is 3.44.